The summed E-state index contributed by atoms with van der Waals surface area (Å²) < 4.78 is 5.95. The molecule has 98 valence electrons. The second kappa shape index (κ2) is 4.22. The van der Waals surface area contributed by atoms with Gasteiger partial charge in [0, 0.05) is 12.6 Å². The quantitative estimate of drug-likeness (QED) is 0.735. The van der Waals surface area contributed by atoms with Crippen molar-refractivity contribution in [3.8, 4) is 0 Å². The largest absolute Gasteiger partial charge is 0.390 e. The molecule has 2 saturated carbocycles. The van der Waals surface area contributed by atoms with Crippen molar-refractivity contribution in [1.29, 1.82) is 0 Å². The zero-order valence-corrected chi connectivity index (χ0v) is 10.7. The second-order valence-electron chi connectivity index (χ2n) is 6.53. The summed E-state index contributed by atoms with van der Waals surface area (Å²) in [7, 11) is 0. The molecule has 3 atom stereocenters. The number of hydrogen-bond acceptors (Lipinski definition) is 3. The van der Waals surface area contributed by atoms with Gasteiger partial charge in [0.25, 0.3) is 0 Å². The Bertz CT molecular complexity index is 290. The molecule has 1 spiro atoms. The molecule has 0 aromatic carbocycles. The highest BCUT2D eigenvalue weighted by Crippen LogP contribution is 2.49. The third-order valence-corrected chi connectivity index (χ3v) is 5.32. The zero-order chi connectivity index (χ0) is 11.9. The van der Waals surface area contributed by atoms with Gasteiger partial charge in [-0.15, -0.1) is 0 Å². The van der Waals surface area contributed by atoms with Gasteiger partial charge >= 0.3 is 0 Å². The summed E-state index contributed by atoms with van der Waals surface area (Å²) in [5.74, 6) is 0.419. The normalized spacial score (nSPS) is 45.5. The summed E-state index contributed by atoms with van der Waals surface area (Å²) in [6.45, 7) is 0.836. The van der Waals surface area contributed by atoms with Crippen molar-refractivity contribution in [3.05, 3.63) is 0 Å². The highest BCUT2D eigenvalue weighted by Gasteiger charge is 2.49. The molecular formula is C14H25NO2. The van der Waals surface area contributed by atoms with E-state index >= 15 is 0 Å². The van der Waals surface area contributed by atoms with Gasteiger partial charge in [0.05, 0.1) is 11.2 Å². The Morgan fingerprint density at radius 3 is 2.53 bits per heavy atom. The van der Waals surface area contributed by atoms with Crippen molar-refractivity contribution in [1.82, 2.24) is 0 Å². The monoisotopic (exact) mass is 239 g/mol. The van der Waals surface area contributed by atoms with Gasteiger partial charge in [-0.2, -0.15) is 0 Å². The van der Waals surface area contributed by atoms with Crippen LogP contribution in [-0.2, 0) is 4.74 Å². The van der Waals surface area contributed by atoms with Gasteiger partial charge in [-0.3, -0.25) is 0 Å². The van der Waals surface area contributed by atoms with Crippen LogP contribution in [0.3, 0.4) is 0 Å². The lowest BCUT2D eigenvalue weighted by Crippen LogP contribution is -2.54. The number of nitrogens with two attached hydrogens (primary N) is 1. The highest BCUT2D eigenvalue weighted by molar-refractivity contribution is 5.01. The van der Waals surface area contributed by atoms with E-state index in [9.17, 15) is 5.11 Å². The second-order valence-corrected chi connectivity index (χ2v) is 6.53. The lowest BCUT2D eigenvalue weighted by atomic mass is 9.64. The molecule has 3 unspecified atom stereocenters. The summed E-state index contributed by atoms with van der Waals surface area (Å²) in [4.78, 5) is 0. The van der Waals surface area contributed by atoms with E-state index in [1.807, 2.05) is 0 Å². The standard InChI is InChI=1S/C14H25NO2/c15-12-3-1-7-14(16,10-12)11-4-8-17-13(9-11)5-2-6-13/h11-12,16H,1-10,15H2. The van der Waals surface area contributed by atoms with Crippen LogP contribution in [0.4, 0.5) is 0 Å². The molecule has 0 amide bonds. The van der Waals surface area contributed by atoms with Crippen molar-refractivity contribution in [2.75, 3.05) is 6.61 Å². The van der Waals surface area contributed by atoms with Gasteiger partial charge in [-0.05, 0) is 63.7 Å². The average molecular weight is 239 g/mol. The van der Waals surface area contributed by atoms with Gasteiger partial charge in [0.2, 0.25) is 0 Å². The molecule has 2 aliphatic carbocycles. The smallest absolute Gasteiger partial charge is 0.0692 e. The maximum atomic E-state index is 10.9. The van der Waals surface area contributed by atoms with E-state index in [0.717, 1.165) is 45.1 Å². The summed E-state index contributed by atoms with van der Waals surface area (Å²) in [6, 6.07) is 0.203. The molecule has 1 saturated heterocycles. The summed E-state index contributed by atoms with van der Waals surface area (Å²) >= 11 is 0. The predicted octanol–water partition coefficient (Wildman–Crippen LogP) is 1.97. The Morgan fingerprint density at radius 1 is 1.06 bits per heavy atom. The lowest BCUT2D eigenvalue weighted by molar-refractivity contribution is -0.181. The Kier molecular flexibility index (Phi) is 2.96. The molecular weight excluding hydrogens is 214 g/mol. The van der Waals surface area contributed by atoms with Crippen molar-refractivity contribution in [2.45, 2.75) is 75.0 Å². The van der Waals surface area contributed by atoms with Crippen LogP contribution in [0.5, 0.6) is 0 Å². The first-order chi connectivity index (χ1) is 8.12. The molecule has 3 aliphatic rings. The van der Waals surface area contributed by atoms with Crippen LogP contribution >= 0.6 is 0 Å². The summed E-state index contributed by atoms with van der Waals surface area (Å²) in [6.07, 6.45) is 9.69. The first-order valence-corrected chi connectivity index (χ1v) is 7.24. The molecule has 0 aromatic rings. The zero-order valence-electron chi connectivity index (χ0n) is 10.7. The van der Waals surface area contributed by atoms with Crippen molar-refractivity contribution in [2.24, 2.45) is 11.7 Å². The molecule has 17 heavy (non-hydrogen) atoms. The van der Waals surface area contributed by atoms with Crippen LogP contribution in [0, 0.1) is 5.92 Å². The minimum atomic E-state index is -0.496. The third kappa shape index (κ3) is 2.13. The number of rotatable bonds is 1. The lowest BCUT2D eigenvalue weighted by Gasteiger charge is -2.52. The van der Waals surface area contributed by atoms with E-state index in [-0.39, 0.29) is 11.6 Å². The van der Waals surface area contributed by atoms with Crippen LogP contribution in [0.25, 0.3) is 0 Å². The fraction of sp³-hybridized carbons (Fsp3) is 1.00. The fourth-order valence-corrected chi connectivity index (χ4v) is 4.11. The van der Waals surface area contributed by atoms with Crippen molar-refractivity contribution < 1.29 is 9.84 Å². The summed E-state index contributed by atoms with van der Waals surface area (Å²) in [5.41, 5.74) is 5.68. The molecule has 0 radical (unpaired) electrons. The Hall–Kier alpha value is -0.120. The number of ether oxygens (including phenoxy) is 1. The molecule has 0 bridgehead atoms. The minimum Gasteiger partial charge on any atom is -0.390 e. The van der Waals surface area contributed by atoms with E-state index in [0.29, 0.717) is 5.92 Å². The Balaban J connectivity index is 1.69. The number of aliphatic hydroxyl groups is 1. The average Bonchev–Trinajstić information content (AvgIpc) is 2.27. The maximum Gasteiger partial charge on any atom is 0.0692 e. The molecule has 3 rings (SSSR count). The van der Waals surface area contributed by atoms with E-state index in [4.69, 9.17) is 10.5 Å². The topological polar surface area (TPSA) is 55.5 Å². The van der Waals surface area contributed by atoms with Crippen LogP contribution in [0.2, 0.25) is 0 Å². The van der Waals surface area contributed by atoms with E-state index in [1.165, 1.54) is 19.3 Å². The van der Waals surface area contributed by atoms with E-state index in [2.05, 4.69) is 0 Å². The first kappa shape index (κ1) is 11.9. The van der Waals surface area contributed by atoms with Crippen molar-refractivity contribution >= 4 is 0 Å². The Morgan fingerprint density at radius 2 is 1.88 bits per heavy atom. The molecule has 0 aromatic heterocycles. The van der Waals surface area contributed by atoms with Crippen LogP contribution in [0.1, 0.15) is 57.8 Å². The van der Waals surface area contributed by atoms with Crippen LogP contribution < -0.4 is 5.73 Å². The molecule has 1 aliphatic heterocycles. The minimum absolute atomic E-state index is 0.139. The van der Waals surface area contributed by atoms with Crippen LogP contribution in [-0.4, -0.2) is 29.0 Å². The fourth-order valence-electron chi connectivity index (χ4n) is 4.11. The van der Waals surface area contributed by atoms with Gasteiger partial charge in [-0.1, -0.05) is 0 Å². The summed E-state index contributed by atoms with van der Waals surface area (Å²) in [5, 5.41) is 10.9. The van der Waals surface area contributed by atoms with Gasteiger partial charge in [0.15, 0.2) is 0 Å². The van der Waals surface area contributed by atoms with E-state index < -0.39 is 5.60 Å². The molecule has 3 heteroatoms. The molecule has 3 fully saturated rings. The molecule has 1 heterocycles. The van der Waals surface area contributed by atoms with Crippen molar-refractivity contribution in [3.63, 3.8) is 0 Å². The Labute approximate surface area is 104 Å². The highest BCUT2D eigenvalue weighted by atomic mass is 16.5. The maximum absolute atomic E-state index is 10.9. The van der Waals surface area contributed by atoms with Crippen LogP contribution in [0.15, 0.2) is 0 Å². The third-order valence-electron chi connectivity index (χ3n) is 5.32. The SMILES string of the molecule is NC1CCCC(O)(C2CCOC3(CCC3)C2)C1. The van der Waals surface area contributed by atoms with Gasteiger partial charge in [-0.25, -0.2) is 0 Å². The molecule has 3 N–H and O–H groups in total. The molecule has 3 nitrogen and oxygen atoms in total. The van der Waals surface area contributed by atoms with Gasteiger partial charge < -0.3 is 15.6 Å². The number of hydrogen-bond donors (Lipinski definition) is 2. The first-order valence-electron chi connectivity index (χ1n) is 7.24. The van der Waals surface area contributed by atoms with Gasteiger partial charge in [0.1, 0.15) is 0 Å². The van der Waals surface area contributed by atoms with E-state index in [1.54, 1.807) is 0 Å². The predicted molar refractivity (Wildman–Crippen MR) is 66.7 cm³/mol.